The highest BCUT2D eigenvalue weighted by Gasteiger charge is 2.18. The van der Waals surface area contributed by atoms with Crippen molar-refractivity contribution in [3.63, 3.8) is 0 Å². The van der Waals surface area contributed by atoms with Crippen LogP contribution >= 0.6 is 23.4 Å². The fourth-order valence-electron chi connectivity index (χ4n) is 3.13. The molecule has 0 saturated carbocycles. The van der Waals surface area contributed by atoms with Crippen LogP contribution in [-0.4, -0.2) is 38.8 Å². The van der Waals surface area contributed by atoms with Crippen LogP contribution in [0.25, 0.3) is 22.3 Å². The van der Waals surface area contributed by atoms with E-state index in [9.17, 15) is 4.79 Å². The predicted octanol–water partition coefficient (Wildman–Crippen LogP) is 4.90. The number of para-hydroxylation sites is 1. The maximum atomic E-state index is 12.8. The third-order valence-corrected chi connectivity index (χ3v) is 5.47. The number of aromatic nitrogens is 4. The lowest BCUT2D eigenvalue weighted by Crippen LogP contribution is -2.03. The van der Waals surface area contributed by atoms with Gasteiger partial charge in [0.05, 0.1) is 18.4 Å². The van der Waals surface area contributed by atoms with Crippen LogP contribution in [-0.2, 0) is 0 Å². The average Bonchev–Trinajstić information content (AvgIpc) is 3.29. The average molecular weight is 413 g/mol. The minimum absolute atomic E-state index is 0.0339. The molecule has 2 aromatic heterocycles. The van der Waals surface area contributed by atoms with Gasteiger partial charge in [0.15, 0.2) is 11.6 Å². The molecule has 6 nitrogen and oxygen atoms in total. The predicted molar refractivity (Wildman–Crippen MR) is 111 cm³/mol. The van der Waals surface area contributed by atoms with Gasteiger partial charge in [0.25, 0.3) is 0 Å². The summed E-state index contributed by atoms with van der Waals surface area (Å²) < 4.78 is 5.35. The van der Waals surface area contributed by atoms with E-state index < -0.39 is 0 Å². The summed E-state index contributed by atoms with van der Waals surface area (Å²) in [5, 5.41) is 9.09. The van der Waals surface area contributed by atoms with Gasteiger partial charge < -0.3 is 9.72 Å². The first-order chi connectivity index (χ1) is 13.6. The maximum absolute atomic E-state index is 12.8. The second-order valence-corrected chi connectivity index (χ2v) is 7.57. The molecular formula is C20H17ClN4O2S. The molecular weight excluding hydrogens is 396 g/mol. The lowest BCUT2D eigenvalue weighted by atomic mass is 10.1. The molecule has 0 fully saturated rings. The Hall–Kier alpha value is -2.77. The van der Waals surface area contributed by atoms with Gasteiger partial charge in [-0.1, -0.05) is 41.6 Å². The van der Waals surface area contributed by atoms with Gasteiger partial charge in [0.2, 0.25) is 5.16 Å². The first-order valence-corrected chi connectivity index (χ1v) is 9.93. The summed E-state index contributed by atoms with van der Waals surface area (Å²) in [4.78, 5) is 20.5. The van der Waals surface area contributed by atoms with Crippen LogP contribution in [0.1, 0.15) is 16.1 Å². The van der Waals surface area contributed by atoms with Gasteiger partial charge in [-0.05, 0) is 31.2 Å². The fourth-order valence-corrected chi connectivity index (χ4v) is 3.98. The van der Waals surface area contributed by atoms with E-state index in [0.29, 0.717) is 27.3 Å². The van der Waals surface area contributed by atoms with E-state index in [0.717, 1.165) is 22.2 Å². The summed E-state index contributed by atoms with van der Waals surface area (Å²) in [6.07, 6.45) is 0. The largest absolute Gasteiger partial charge is 0.496 e. The van der Waals surface area contributed by atoms with Gasteiger partial charge in [0.1, 0.15) is 5.75 Å². The molecule has 0 atom stereocenters. The van der Waals surface area contributed by atoms with Gasteiger partial charge in [-0.2, -0.15) is 0 Å². The maximum Gasteiger partial charge on any atom is 0.209 e. The molecule has 2 heterocycles. The van der Waals surface area contributed by atoms with Crippen molar-refractivity contribution >= 4 is 40.0 Å². The number of hydrogen-bond acceptors (Lipinski definition) is 5. The molecule has 28 heavy (non-hydrogen) atoms. The first-order valence-electron chi connectivity index (χ1n) is 8.56. The molecule has 0 unspecified atom stereocenters. The number of aromatic amines is 2. The number of nitrogens with one attached hydrogen (secondary N) is 2. The minimum atomic E-state index is 0.0339. The molecule has 0 bridgehead atoms. The number of carbonyl (C=O) groups is 1. The molecule has 2 N–H and O–H groups in total. The molecule has 0 saturated heterocycles. The van der Waals surface area contributed by atoms with Crippen molar-refractivity contribution < 1.29 is 9.53 Å². The molecule has 142 valence electrons. The van der Waals surface area contributed by atoms with Gasteiger partial charge in [0, 0.05) is 27.2 Å². The van der Waals surface area contributed by atoms with Crippen molar-refractivity contribution in [2.75, 3.05) is 12.9 Å². The highest BCUT2D eigenvalue weighted by Crippen LogP contribution is 2.31. The van der Waals surface area contributed by atoms with Crippen LogP contribution < -0.4 is 4.74 Å². The summed E-state index contributed by atoms with van der Waals surface area (Å²) in [7, 11) is 1.58. The van der Waals surface area contributed by atoms with Crippen molar-refractivity contribution in [3.8, 4) is 17.1 Å². The van der Waals surface area contributed by atoms with Crippen LogP contribution in [0.4, 0.5) is 0 Å². The number of rotatable bonds is 6. The molecule has 4 rings (SSSR count). The van der Waals surface area contributed by atoms with E-state index >= 15 is 0 Å². The lowest BCUT2D eigenvalue weighted by molar-refractivity contribution is 0.102. The molecule has 0 amide bonds. The van der Waals surface area contributed by atoms with Crippen molar-refractivity contribution in [1.29, 1.82) is 0 Å². The highest BCUT2D eigenvalue weighted by molar-refractivity contribution is 7.99. The number of fused-ring (bicyclic) bond motifs is 1. The monoisotopic (exact) mass is 412 g/mol. The van der Waals surface area contributed by atoms with E-state index in [1.165, 1.54) is 11.8 Å². The fraction of sp³-hybridized carbons (Fsp3) is 0.150. The number of thioether (sulfide) groups is 1. The molecule has 4 aromatic rings. The summed E-state index contributed by atoms with van der Waals surface area (Å²) in [6.45, 7) is 1.91. The molecule has 2 aromatic carbocycles. The summed E-state index contributed by atoms with van der Waals surface area (Å²) in [5.74, 6) is 1.46. The second kappa shape index (κ2) is 7.69. The van der Waals surface area contributed by atoms with E-state index in [1.54, 1.807) is 25.3 Å². The highest BCUT2D eigenvalue weighted by atomic mass is 35.5. The normalized spacial score (nSPS) is 11.1. The van der Waals surface area contributed by atoms with Crippen molar-refractivity contribution in [3.05, 3.63) is 58.7 Å². The molecule has 0 aliphatic carbocycles. The van der Waals surface area contributed by atoms with Crippen LogP contribution in [0.2, 0.25) is 5.02 Å². The number of methoxy groups -OCH3 is 1. The van der Waals surface area contributed by atoms with Crippen molar-refractivity contribution in [2.24, 2.45) is 0 Å². The SMILES string of the molecule is COc1ccc(Cl)cc1-c1nc(SCC(=O)c2c(C)[nH]c3ccccc23)n[nH]1. The quantitative estimate of drug-likeness (QED) is 0.347. The topological polar surface area (TPSA) is 83.7 Å². The van der Waals surface area contributed by atoms with E-state index in [1.807, 2.05) is 31.2 Å². The Kier molecular flexibility index (Phi) is 5.11. The smallest absolute Gasteiger partial charge is 0.209 e. The summed E-state index contributed by atoms with van der Waals surface area (Å²) in [5.41, 5.74) is 3.26. The van der Waals surface area contributed by atoms with Gasteiger partial charge in [-0.3, -0.25) is 9.89 Å². The number of nitrogens with zero attached hydrogens (tertiary/aromatic N) is 2. The molecule has 8 heteroatoms. The number of aryl methyl sites for hydroxylation is 1. The number of ketones is 1. The number of carbonyl (C=O) groups excluding carboxylic acids is 1. The Morgan fingerprint density at radius 1 is 1.25 bits per heavy atom. The second-order valence-electron chi connectivity index (χ2n) is 6.19. The van der Waals surface area contributed by atoms with Crippen LogP contribution in [0.3, 0.4) is 0 Å². The lowest BCUT2D eigenvalue weighted by Gasteiger charge is -2.05. The Labute approximate surface area is 170 Å². The van der Waals surface area contributed by atoms with Crippen LogP contribution in [0.15, 0.2) is 47.6 Å². The zero-order valence-corrected chi connectivity index (χ0v) is 16.8. The Morgan fingerprint density at radius 3 is 2.89 bits per heavy atom. The number of benzene rings is 2. The third-order valence-electron chi connectivity index (χ3n) is 4.39. The Balaban J connectivity index is 1.53. The molecule has 0 radical (unpaired) electrons. The number of Topliss-reactive ketones (excluding diaryl/α,β-unsaturated/α-hetero) is 1. The molecule has 0 spiro atoms. The minimum Gasteiger partial charge on any atom is -0.496 e. The van der Waals surface area contributed by atoms with Crippen LogP contribution in [0.5, 0.6) is 5.75 Å². The zero-order chi connectivity index (χ0) is 19.7. The molecule has 0 aliphatic rings. The summed E-state index contributed by atoms with van der Waals surface area (Å²) >= 11 is 7.37. The van der Waals surface area contributed by atoms with E-state index in [-0.39, 0.29) is 11.5 Å². The number of H-pyrrole nitrogens is 2. The van der Waals surface area contributed by atoms with Gasteiger partial charge >= 0.3 is 0 Å². The first kappa shape index (κ1) is 18.6. The van der Waals surface area contributed by atoms with Crippen LogP contribution in [0, 0.1) is 6.92 Å². The van der Waals surface area contributed by atoms with Crippen molar-refractivity contribution in [1.82, 2.24) is 20.2 Å². The zero-order valence-electron chi connectivity index (χ0n) is 15.2. The Bertz CT molecular complexity index is 1170. The third kappa shape index (κ3) is 3.50. The number of halogens is 1. The van der Waals surface area contributed by atoms with Crippen molar-refractivity contribution in [2.45, 2.75) is 12.1 Å². The number of hydrogen-bond donors (Lipinski definition) is 2. The van der Waals surface area contributed by atoms with Gasteiger partial charge in [-0.25, -0.2) is 4.98 Å². The molecule has 0 aliphatic heterocycles. The number of ether oxygens (including phenoxy) is 1. The van der Waals surface area contributed by atoms with Gasteiger partial charge in [-0.15, -0.1) is 5.10 Å². The van der Waals surface area contributed by atoms with E-state index in [4.69, 9.17) is 16.3 Å². The standard InChI is InChI=1S/C20H17ClN4O2S/c1-11-18(13-5-3-4-6-15(13)22-11)16(26)10-28-20-23-19(24-25-20)14-9-12(21)7-8-17(14)27-2/h3-9,22H,10H2,1-2H3,(H,23,24,25). The van der Waals surface area contributed by atoms with E-state index in [2.05, 4.69) is 20.2 Å². The Morgan fingerprint density at radius 2 is 2.07 bits per heavy atom. The summed E-state index contributed by atoms with van der Waals surface area (Å²) in [6, 6.07) is 13.1.